The normalized spacial score (nSPS) is 12.5. The summed E-state index contributed by atoms with van der Waals surface area (Å²) >= 11 is 9.63. The third-order valence-corrected chi connectivity index (χ3v) is 6.92. The number of hydrogen-bond acceptors (Lipinski definition) is 3. The molecule has 0 unspecified atom stereocenters. The second-order valence-electron chi connectivity index (χ2n) is 8.87. The second kappa shape index (κ2) is 13.5. The van der Waals surface area contributed by atoms with E-state index in [4.69, 9.17) is 16.3 Å². The van der Waals surface area contributed by atoms with Crippen LogP contribution in [0.1, 0.15) is 37.0 Å². The van der Waals surface area contributed by atoms with Gasteiger partial charge >= 0.3 is 0 Å². The molecule has 0 fully saturated rings. The van der Waals surface area contributed by atoms with E-state index in [1.165, 1.54) is 0 Å². The Bertz CT molecular complexity index is 1170. The SMILES string of the molecule is CC[C@@H](C)NC(=O)[C@H](Cc1ccccc1)N(Cc1cccc(Br)c1)C(=O)COc1ccc(Cl)c(C)c1. The van der Waals surface area contributed by atoms with Crippen LogP contribution in [0.2, 0.25) is 5.02 Å². The van der Waals surface area contributed by atoms with Crippen molar-refractivity contribution in [3.63, 3.8) is 0 Å². The zero-order chi connectivity index (χ0) is 26.1. The highest BCUT2D eigenvalue weighted by Gasteiger charge is 2.31. The number of rotatable bonds is 11. The summed E-state index contributed by atoms with van der Waals surface area (Å²) < 4.78 is 6.74. The molecule has 0 aromatic heterocycles. The Morgan fingerprint density at radius 1 is 1.03 bits per heavy atom. The molecule has 0 aliphatic heterocycles. The summed E-state index contributed by atoms with van der Waals surface area (Å²) in [6, 6.07) is 22.1. The number of carbonyl (C=O) groups is 2. The van der Waals surface area contributed by atoms with Gasteiger partial charge in [-0.05, 0) is 67.3 Å². The van der Waals surface area contributed by atoms with E-state index in [1.54, 1.807) is 23.1 Å². The lowest BCUT2D eigenvalue weighted by atomic mass is 10.0. The third-order valence-electron chi connectivity index (χ3n) is 6.01. The van der Waals surface area contributed by atoms with E-state index in [0.29, 0.717) is 17.2 Å². The van der Waals surface area contributed by atoms with Gasteiger partial charge in [0.1, 0.15) is 11.8 Å². The van der Waals surface area contributed by atoms with Gasteiger partial charge in [-0.15, -0.1) is 0 Å². The monoisotopic (exact) mass is 570 g/mol. The molecule has 0 saturated carbocycles. The first-order valence-electron chi connectivity index (χ1n) is 12.0. The smallest absolute Gasteiger partial charge is 0.261 e. The van der Waals surface area contributed by atoms with Gasteiger partial charge < -0.3 is 15.0 Å². The third kappa shape index (κ3) is 8.10. The molecule has 3 rings (SSSR count). The minimum absolute atomic E-state index is 0.00751. The Labute approximate surface area is 226 Å². The number of halogens is 2. The maximum atomic E-state index is 13.6. The molecule has 0 aliphatic carbocycles. The minimum Gasteiger partial charge on any atom is -0.484 e. The van der Waals surface area contributed by atoms with Crippen LogP contribution in [0.25, 0.3) is 0 Å². The van der Waals surface area contributed by atoms with Gasteiger partial charge in [0.2, 0.25) is 5.91 Å². The molecule has 36 heavy (non-hydrogen) atoms. The van der Waals surface area contributed by atoms with Crippen LogP contribution in [0, 0.1) is 6.92 Å². The van der Waals surface area contributed by atoms with E-state index >= 15 is 0 Å². The number of nitrogens with zero attached hydrogens (tertiary/aromatic N) is 1. The Kier molecular flexibility index (Phi) is 10.4. The molecule has 1 N–H and O–H groups in total. The number of aryl methyl sites for hydroxylation is 1. The average Bonchev–Trinajstić information content (AvgIpc) is 2.87. The Morgan fingerprint density at radius 2 is 1.75 bits per heavy atom. The van der Waals surface area contributed by atoms with Crippen molar-refractivity contribution in [1.82, 2.24) is 10.2 Å². The van der Waals surface area contributed by atoms with Crippen molar-refractivity contribution < 1.29 is 14.3 Å². The molecule has 2 atom stereocenters. The van der Waals surface area contributed by atoms with Crippen LogP contribution in [0.15, 0.2) is 77.3 Å². The number of hydrogen-bond donors (Lipinski definition) is 1. The van der Waals surface area contributed by atoms with Gasteiger partial charge in [0, 0.05) is 28.5 Å². The molecule has 5 nitrogen and oxygen atoms in total. The molecule has 0 radical (unpaired) electrons. The topological polar surface area (TPSA) is 58.6 Å². The fourth-order valence-electron chi connectivity index (χ4n) is 3.76. The molecular formula is C29H32BrClN2O3. The molecule has 190 valence electrons. The van der Waals surface area contributed by atoms with Crippen LogP contribution < -0.4 is 10.1 Å². The van der Waals surface area contributed by atoms with Crippen molar-refractivity contribution in [3.05, 3.63) is 99.0 Å². The van der Waals surface area contributed by atoms with Crippen LogP contribution in [0.3, 0.4) is 0 Å². The predicted octanol–water partition coefficient (Wildman–Crippen LogP) is 6.34. The summed E-state index contributed by atoms with van der Waals surface area (Å²) in [6.45, 7) is 5.93. The lowest BCUT2D eigenvalue weighted by molar-refractivity contribution is -0.143. The van der Waals surface area contributed by atoms with E-state index in [9.17, 15) is 9.59 Å². The van der Waals surface area contributed by atoms with Gasteiger partial charge in [-0.1, -0.05) is 76.9 Å². The van der Waals surface area contributed by atoms with E-state index < -0.39 is 6.04 Å². The lowest BCUT2D eigenvalue weighted by Gasteiger charge is -2.32. The van der Waals surface area contributed by atoms with Gasteiger partial charge in [0.25, 0.3) is 5.91 Å². The molecule has 0 saturated heterocycles. The summed E-state index contributed by atoms with van der Waals surface area (Å²) in [5.74, 6) is 0.0954. The predicted molar refractivity (Wildman–Crippen MR) is 148 cm³/mol. The molecule has 2 amide bonds. The van der Waals surface area contributed by atoms with E-state index in [1.807, 2.05) is 75.4 Å². The highest BCUT2D eigenvalue weighted by molar-refractivity contribution is 9.10. The van der Waals surface area contributed by atoms with E-state index in [2.05, 4.69) is 21.2 Å². The van der Waals surface area contributed by atoms with Crippen LogP contribution in [-0.2, 0) is 22.6 Å². The maximum Gasteiger partial charge on any atom is 0.261 e. The van der Waals surface area contributed by atoms with Crippen LogP contribution in [0.5, 0.6) is 5.75 Å². The van der Waals surface area contributed by atoms with E-state index in [-0.39, 0.29) is 31.0 Å². The second-order valence-corrected chi connectivity index (χ2v) is 10.2. The molecule has 7 heteroatoms. The van der Waals surface area contributed by atoms with Crippen LogP contribution in [0.4, 0.5) is 0 Å². The first kappa shape index (κ1) is 27.8. The van der Waals surface area contributed by atoms with E-state index in [0.717, 1.165) is 27.6 Å². The molecule has 0 bridgehead atoms. The Balaban J connectivity index is 1.91. The summed E-state index contributed by atoms with van der Waals surface area (Å²) in [5, 5.41) is 3.71. The number of ether oxygens (including phenoxy) is 1. The van der Waals surface area contributed by atoms with Crippen molar-refractivity contribution in [2.45, 2.75) is 52.2 Å². The van der Waals surface area contributed by atoms with Gasteiger partial charge in [-0.3, -0.25) is 9.59 Å². The maximum absolute atomic E-state index is 13.6. The number of carbonyl (C=O) groups excluding carboxylic acids is 2. The number of nitrogens with one attached hydrogen (secondary N) is 1. The standard InChI is InChI=1S/C29H32BrClN2O3/c1-4-21(3)32-29(35)27(17-22-9-6-5-7-10-22)33(18-23-11-8-12-24(30)16-23)28(34)19-36-25-13-14-26(31)20(2)15-25/h5-16,21,27H,4,17-19H2,1-3H3,(H,32,35)/t21-,27+/m1/s1. The largest absolute Gasteiger partial charge is 0.484 e. The van der Waals surface area contributed by atoms with Gasteiger partial charge in [-0.2, -0.15) is 0 Å². The minimum atomic E-state index is -0.705. The highest BCUT2D eigenvalue weighted by atomic mass is 79.9. The van der Waals surface area contributed by atoms with Crippen LogP contribution >= 0.6 is 27.5 Å². The fraction of sp³-hybridized carbons (Fsp3) is 0.310. The zero-order valence-corrected chi connectivity index (χ0v) is 23.2. The summed E-state index contributed by atoms with van der Waals surface area (Å²) in [7, 11) is 0. The highest BCUT2D eigenvalue weighted by Crippen LogP contribution is 2.22. The quantitative estimate of drug-likeness (QED) is 0.292. The van der Waals surface area contributed by atoms with Gasteiger partial charge in [0.05, 0.1) is 0 Å². The van der Waals surface area contributed by atoms with Crippen LogP contribution in [-0.4, -0.2) is 35.4 Å². The molecular weight excluding hydrogens is 540 g/mol. The average molecular weight is 572 g/mol. The molecule has 0 aliphatic rings. The number of benzene rings is 3. The number of amides is 2. The summed E-state index contributed by atoms with van der Waals surface area (Å²) in [4.78, 5) is 28.8. The Hall–Kier alpha value is -2.83. The van der Waals surface area contributed by atoms with Crippen molar-refractivity contribution in [3.8, 4) is 5.75 Å². The first-order valence-corrected chi connectivity index (χ1v) is 13.2. The molecule has 0 spiro atoms. The van der Waals surface area contributed by atoms with Crippen molar-refractivity contribution in [2.75, 3.05) is 6.61 Å². The van der Waals surface area contributed by atoms with Crippen molar-refractivity contribution in [1.29, 1.82) is 0 Å². The Morgan fingerprint density at radius 3 is 2.42 bits per heavy atom. The van der Waals surface area contributed by atoms with Gasteiger partial charge in [0.15, 0.2) is 6.61 Å². The van der Waals surface area contributed by atoms with Crippen molar-refractivity contribution in [2.24, 2.45) is 0 Å². The molecule has 3 aromatic rings. The first-order chi connectivity index (χ1) is 17.3. The lowest BCUT2D eigenvalue weighted by Crippen LogP contribution is -2.53. The summed E-state index contributed by atoms with van der Waals surface area (Å²) in [5.41, 5.74) is 2.75. The zero-order valence-electron chi connectivity index (χ0n) is 20.8. The fourth-order valence-corrected chi connectivity index (χ4v) is 4.33. The van der Waals surface area contributed by atoms with Crippen molar-refractivity contribution >= 4 is 39.3 Å². The molecule has 3 aromatic carbocycles. The van der Waals surface area contributed by atoms with Gasteiger partial charge in [-0.25, -0.2) is 0 Å². The molecule has 0 heterocycles. The summed E-state index contributed by atoms with van der Waals surface area (Å²) in [6.07, 6.45) is 1.19.